The van der Waals surface area contributed by atoms with Crippen LogP contribution in [0.5, 0.6) is 0 Å². The molecule has 0 spiro atoms. The van der Waals surface area contributed by atoms with E-state index in [9.17, 15) is 9.90 Å². The molecule has 1 fully saturated rings. The first kappa shape index (κ1) is 11.7. The van der Waals surface area contributed by atoms with Gasteiger partial charge in [0.25, 0.3) is 0 Å². The molecule has 1 aromatic rings. The second kappa shape index (κ2) is 5.51. The molecular weight excluding hydrogens is 220 g/mol. The summed E-state index contributed by atoms with van der Waals surface area (Å²) in [5.74, 6) is 0. The number of rotatable bonds is 3. The van der Waals surface area contributed by atoms with Crippen molar-refractivity contribution < 1.29 is 9.90 Å². The van der Waals surface area contributed by atoms with Gasteiger partial charge in [-0.2, -0.15) is 0 Å². The molecule has 1 saturated carbocycles. The molecule has 0 heterocycles. The monoisotopic (exact) mass is 236 g/mol. The van der Waals surface area contributed by atoms with Crippen molar-refractivity contribution in [2.45, 2.75) is 41.9 Å². The van der Waals surface area contributed by atoms with Crippen molar-refractivity contribution in [2.24, 2.45) is 0 Å². The van der Waals surface area contributed by atoms with Gasteiger partial charge in [-0.25, -0.2) is 0 Å². The van der Waals surface area contributed by atoms with E-state index in [0.717, 1.165) is 30.4 Å². The predicted octanol–water partition coefficient (Wildman–Crippen LogP) is 2.89. The largest absolute Gasteiger partial charge is 0.392 e. The molecule has 0 bridgehead atoms. The van der Waals surface area contributed by atoms with Crippen molar-refractivity contribution in [2.75, 3.05) is 0 Å². The number of carbonyl (C=O) groups excluding carboxylic acids is 1. The van der Waals surface area contributed by atoms with E-state index in [0.29, 0.717) is 5.56 Å². The minimum Gasteiger partial charge on any atom is -0.392 e. The molecule has 2 nitrogen and oxygen atoms in total. The van der Waals surface area contributed by atoms with Gasteiger partial charge in [0, 0.05) is 15.7 Å². The van der Waals surface area contributed by atoms with Gasteiger partial charge >= 0.3 is 0 Å². The predicted molar refractivity (Wildman–Crippen MR) is 65.9 cm³/mol. The zero-order valence-corrected chi connectivity index (χ0v) is 9.95. The third kappa shape index (κ3) is 2.86. The number of aldehydes is 1. The zero-order valence-electron chi connectivity index (χ0n) is 9.13. The Balaban J connectivity index is 2.04. The van der Waals surface area contributed by atoms with Crippen molar-refractivity contribution in [1.82, 2.24) is 0 Å². The van der Waals surface area contributed by atoms with Crippen LogP contribution in [0.2, 0.25) is 0 Å². The molecule has 1 aliphatic rings. The maximum absolute atomic E-state index is 10.7. The number of aliphatic hydroxyl groups excluding tert-OH is 1. The second-order valence-corrected chi connectivity index (χ2v) is 5.51. The fraction of sp³-hybridized carbons (Fsp3) is 0.462. The van der Waals surface area contributed by atoms with Gasteiger partial charge in [-0.3, -0.25) is 4.79 Å². The third-order valence-electron chi connectivity index (χ3n) is 2.95. The highest BCUT2D eigenvalue weighted by Crippen LogP contribution is 2.33. The molecule has 0 aliphatic heterocycles. The van der Waals surface area contributed by atoms with Crippen LogP contribution in [0.4, 0.5) is 0 Å². The number of hydrogen-bond donors (Lipinski definition) is 1. The first-order valence-electron chi connectivity index (χ1n) is 5.69. The minimum absolute atomic E-state index is 0.196. The van der Waals surface area contributed by atoms with Crippen molar-refractivity contribution in [3.05, 3.63) is 29.8 Å². The molecule has 1 N–H and O–H groups in total. The smallest absolute Gasteiger partial charge is 0.150 e. The van der Waals surface area contributed by atoms with E-state index in [2.05, 4.69) is 0 Å². The van der Waals surface area contributed by atoms with E-state index >= 15 is 0 Å². The molecule has 2 rings (SSSR count). The molecular formula is C13H16O2S. The van der Waals surface area contributed by atoms with Crippen molar-refractivity contribution in [3.63, 3.8) is 0 Å². The summed E-state index contributed by atoms with van der Waals surface area (Å²) in [7, 11) is 0. The van der Waals surface area contributed by atoms with Gasteiger partial charge < -0.3 is 5.11 Å². The molecule has 0 radical (unpaired) electrons. The molecule has 1 aliphatic carbocycles. The molecule has 2 unspecified atom stereocenters. The van der Waals surface area contributed by atoms with Gasteiger partial charge in [0.1, 0.15) is 6.29 Å². The molecule has 2 atom stereocenters. The van der Waals surface area contributed by atoms with Crippen molar-refractivity contribution >= 4 is 18.0 Å². The highest BCUT2D eigenvalue weighted by atomic mass is 32.2. The standard InChI is InChI=1S/C13H16O2S/c14-9-10-4-3-5-11(8-10)16-13-7-2-1-6-12(13)15/h3-5,8-9,12-13,15H,1-2,6-7H2. The normalized spacial score (nSPS) is 25.3. The third-order valence-corrected chi connectivity index (χ3v) is 4.33. The Kier molecular flexibility index (Phi) is 4.02. The van der Waals surface area contributed by atoms with Gasteiger partial charge in [-0.05, 0) is 25.0 Å². The molecule has 86 valence electrons. The summed E-state index contributed by atoms with van der Waals surface area (Å²) in [4.78, 5) is 11.7. The molecule has 1 aromatic carbocycles. The number of carbonyl (C=O) groups is 1. The van der Waals surface area contributed by atoms with Gasteiger partial charge in [0.2, 0.25) is 0 Å². The van der Waals surface area contributed by atoms with Crippen LogP contribution in [-0.2, 0) is 0 Å². The van der Waals surface area contributed by atoms with Crippen molar-refractivity contribution in [3.8, 4) is 0 Å². The summed E-state index contributed by atoms with van der Waals surface area (Å²) < 4.78 is 0. The van der Waals surface area contributed by atoms with Crippen LogP contribution in [0.25, 0.3) is 0 Å². The Bertz CT molecular complexity index is 365. The van der Waals surface area contributed by atoms with Crippen molar-refractivity contribution in [1.29, 1.82) is 0 Å². The topological polar surface area (TPSA) is 37.3 Å². The molecule has 3 heteroatoms. The van der Waals surface area contributed by atoms with E-state index in [1.54, 1.807) is 17.8 Å². The summed E-state index contributed by atoms with van der Waals surface area (Å²) in [6.45, 7) is 0. The zero-order chi connectivity index (χ0) is 11.4. The summed E-state index contributed by atoms with van der Waals surface area (Å²) in [6, 6.07) is 7.58. The summed E-state index contributed by atoms with van der Waals surface area (Å²) >= 11 is 1.69. The molecule has 0 aromatic heterocycles. The average molecular weight is 236 g/mol. The lowest BCUT2D eigenvalue weighted by Crippen LogP contribution is -2.26. The Morgan fingerprint density at radius 1 is 1.31 bits per heavy atom. The maximum atomic E-state index is 10.7. The lowest BCUT2D eigenvalue weighted by atomic mass is 9.97. The maximum Gasteiger partial charge on any atom is 0.150 e. The molecule has 0 saturated heterocycles. The fourth-order valence-electron chi connectivity index (χ4n) is 2.05. The van der Waals surface area contributed by atoms with E-state index in [4.69, 9.17) is 0 Å². The molecule has 0 amide bonds. The summed E-state index contributed by atoms with van der Waals surface area (Å²) in [5, 5.41) is 10.2. The van der Waals surface area contributed by atoms with E-state index < -0.39 is 0 Å². The van der Waals surface area contributed by atoms with Gasteiger partial charge in [-0.1, -0.05) is 25.0 Å². The Labute approximate surface area is 100 Å². The number of thioether (sulfide) groups is 1. The van der Waals surface area contributed by atoms with Crippen LogP contribution in [0, 0.1) is 0 Å². The van der Waals surface area contributed by atoms with Gasteiger partial charge in [0.05, 0.1) is 6.10 Å². The van der Waals surface area contributed by atoms with Crippen LogP contribution in [-0.4, -0.2) is 22.7 Å². The summed E-state index contributed by atoms with van der Waals surface area (Å²) in [5.41, 5.74) is 0.704. The Hall–Kier alpha value is -0.800. The van der Waals surface area contributed by atoms with E-state index in [1.165, 1.54) is 6.42 Å². The Morgan fingerprint density at radius 3 is 2.88 bits per heavy atom. The number of benzene rings is 1. The SMILES string of the molecule is O=Cc1cccc(SC2CCCCC2O)c1. The lowest BCUT2D eigenvalue weighted by Gasteiger charge is -2.26. The van der Waals surface area contributed by atoms with Crippen LogP contribution >= 0.6 is 11.8 Å². The Morgan fingerprint density at radius 2 is 2.12 bits per heavy atom. The first-order valence-corrected chi connectivity index (χ1v) is 6.57. The van der Waals surface area contributed by atoms with Gasteiger partial charge in [-0.15, -0.1) is 11.8 Å². The van der Waals surface area contributed by atoms with E-state index in [1.807, 2.05) is 18.2 Å². The van der Waals surface area contributed by atoms with E-state index in [-0.39, 0.29) is 11.4 Å². The first-order chi connectivity index (χ1) is 7.79. The average Bonchev–Trinajstić information content (AvgIpc) is 2.32. The fourth-order valence-corrected chi connectivity index (χ4v) is 3.34. The quantitative estimate of drug-likeness (QED) is 0.820. The highest BCUT2D eigenvalue weighted by Gasteiger charge is 2.23. The summed E-state index contributed by atoms with van der Waals surface area (Å²) in [6.07, 6.45) is 4.97. The lowest BCUT2D eigenvalue weighted by molar-refractivity contribution is 0.112. The second-order valence-electron chi connectivity index (χ2n) is 4.20. The number of hydrogen-bond acceptors (Lipinski definition) is 3. The highest BCUT2D eigenvalue weighted by molar-refractivity contribution is 8.00. The van der Waals surface area contributed by atoms with Crippen LogP contribution in [0.1, 0.15) is 36.0 Å². The number of aliphatic hydroxyl groups is 1. The van der Waals surface area contributed by atoms with Gasteiger partial charge in [0.15, 0.2) is 0 Å². The van der Waals surface area contributed by atoms with Crippen LogP contribution in [0.15, 0.2) is 29.2 Å². The van der Waals surface area contributed by atoms with Crippen LogP contribution in [0.3, 0.4) is 0 Å². The molecule has 16 heavy (non-hydrogen) atoms. The van der Waals surface area contributed by atoms with Crippen LogP contribution < -0.4 is 0 Å². The minimum atomic E-state index is -0.196.